The van der Waals surface area contributed by atoms with E-state index in [2.05, 4.69) is 15.2 Å². The summed E-state index contributed by atoms with van der Waals surface area (Å²) < 4.78 is 44.6. The lowest BCUT2D eigenvalue weighted by atomic mass is 9.94. The van der Waals surface area contributed by atoms with Gasteiger partial charge >= 0.3 is 6.18 Å². The lowest BCUT2D eigenvalue weighted by Gasteiger charge is -2.34. The van der Waals surface area contributed by atoms with Gasteiger partial charge < -0.3 is 20.1 Å². The Morgan fingerprint density at radius 1 is 1.22 bits per heavy atom. The average molecular weight is 500 g/mol. The molecule has 1 aromatic heterocycles. The lowest BCUT2D eigenvalue weighted by Crippen LogP contribution is -2.34. The van der Waals surface area contributed by atoms with Crippen LogP contribution in [0.25, 0.3) is 11.1 Å². The summed E-state index contributed by atoms with van der Waals surface area (Å²) in [5.74, 6) is -0.659. The Bertz CT molecular complexity index is 1250. The predicted octanol–water partition coefficient (Wildman–Crippen LogP) is 5.61. The Morgan fingerprint density at radius 3 is 2.78 bits per heavy atom. The Balaban J connectivity index is 1.61. The van der Waals surface area contributed by atoms with Gasteiger partial charge in [-0.2, -0.15) is 13.2 Å². The molecule has 2 aromatic carbocycles. The third-order valence-electron chi connectivity index (χ3n) is 6.22. The maximum absolute atomic E-state index is 13.0. The molecule has 0 spiro atoms. The quantitative estimate of drug-likeness (QED) is 0.414. The first kappa shape index (κ1) is 25.7. The Labute approximate surface area is 207 Å². The normalized spacial score (nSPS) is 15.5. The Hall–Kier alpha value is -3.43. The number of aliphatic hydroxyl groups excluding tert-OH is 1. The van der Waals surface area contributed by atoms with E-state index in [1.807, 2.05) is 32.0 Å². The number of aryl methyl sites for hydroxylation is 1. The maximum Gasteiger partial charge on any atom is 0.416 e. The van der Waals surface area contributed by atoms with Crippen molar-refractivity contribution in [3.8, 4) is 11.1 Å². The molecule has 1 aliphatic rings. The van der Waals surface area contributed by atoms with E-state index < -0.39 is 23.8 Å². The number of carbonyl (C=O) groups excluding carboxylic acids is 1. The molecule has 0 bridgehead atoms. The molecule has 0 fully saturated rings. The number of nitrogens with one attached hydrogen (secondary N) is 1. The number of benzene rings is 2. The zero-order valence-electron chi connectivity index (χ0n) is 20.1. The smallest absolute Gasteiger partial charge is 0.388 e. The number of pyridine rings is 1. The van der Waals surface area contributed by atoms with Crippen molar-refractivity contribution >= 4 is 17.3 Å². The van der Waals surface area contributed by atoms with E-state index in [-0.39, 0.29) is 5.56 Å². The molecule has 0 radical (unpaired) electrons. The second kappa shape index (κ2) is 10.7. The SMILES string of the molecule is CCOCCN1CCC(O)c2ccc(-c3cc(NC(=O)c4cccc(C(F)(F)F)c4)cnc3C)cc21. The van der Waals surface area contributed by atoms with Gasteiger partial charge in [-0.25, -0.2) is 0 Å². The monoisotopic (exact) mass is 499 g/mol. The van der Waals surface area contributed by atoms with Crippen LogP contribution in [0.4, 0.5) is 24.5 Å². The number of aliphatic hydroxyl groups is 1. The van der Waals surface area contributed by atoms with E-state index in [0.717, 1.165) is 40.2 Å². The first-order valence-corrected chi connectivity index (χ1v) is 11.8. The minimum absolute atomic E-state index is 0.0975. The number of ether oxygens (including phenoxy) is 1. The van der Waals surface area contributed by atoms with Crippen molar-refractivity contribution in [1.29, 1.82) is 0 Å². The van der Waals surface area contributed by atoms with Crippen LogP contribution in [-0.4, -0.2) is 42.3 Å². The molecule has 2 N–H and O–H groups in total. The van der Waals surface area contributed by atoms with Crippen LogP contribution >= 0.6 is 0 Å². The van der Waals surface area contributed by atoms with Gasteiger partial charge in [0, 0.05) is 47.8 Å². The fourth-order valence-corrected chi connectivity index (χ4v) is 4.31. The number of carbonyl (C=O) groups is 1. The second-order valence-electron chi connectivity index (χ2n) is 8.65. The molecule has 2 heterocycles. The molecule has 190 valence electrons. The highest BCUT2D eigenvalue weighted by molar-refractivity contribution is 6.04. The van der Waals surface area contributed by atoms with Crippen LogP contribution in [0, 0.1) is 6.92 Å². The number of amides is 1. The number of hydrogen-bond donors (Lipinski definition) is 2. The molecule has 1 atom stereocenters. The van der Waals surface area contributed by atoms with Gasteiger partial charge in [-0.15, -0.1) is 0 Å². The summed E-state index contributed by atoms with van der Waals surface area (Å²) in [4.78, 5) is 19.2. The van der Waals surface area contributed by atoms with E-state index in [9.17, 15) is 23.1 Å². The minimum atomic E-state index is -4.54. The molecule has 1 unspecified atom stereocenters. The van der Waals surface area contributed by atoms with Gasteiger partial charge in [-0.3, -0.25) is 9.78 Å². The summed E-state index contributed by atoms with van der Waals surface area (Å²) in [5.41, 5.74) is 3.50. The van der Waals surface area contributed by atoms with Gasteiger partial charge in [0.1, 0.15) is 0 Å². The van der Waals surface area contributed by atoms with Crippen LogP contribution < -0.4 is 10.2 Å². The van der Waals surface area contributed by atoms with E-state index in [0.29, 0.717) is 38.4 Å². The number of rotatable bonds is 7. The number of alkyl halides is 3. The molecule has 1 aliphatic heterocycles. The molecule has 0 aliphatic carbocycles. The van der Waals surface area contributed by atoms with Crippen molar-refractivity contribution in [2.75, 3.05) is 36.5 Å². The van der Waals surface area contributed by atoms with Gasteiger partial charge in [0.25, 0.3) is 5.91 Å². The Kier molecular flexibility index (Phi) is 7.61. The average Bonchev–Trinajstić information content (AvgIpc) is 2.86. The molecule has 6 nitrogen and oxygen atoms in total. The van der Waals surface area contributed by atoms with Crippen molar-refractivity contribution in [3.05, 3.63) is 77.1 Å². The molecule has 3 aromatic rings. The van der Waals surface area contributed by atoms with Crippen molar-refractivity contribution in [2.24, 2.45) is 0 Å². The van der Waals surface area contributed by atoms with Crippen LogP contribution in [0.2, 0.25) is 0 Å². The van der Waals surface area contributed by atoms with Gasteiger partial charge in [-0.05, 0) is 56.2 Å². The molecule has 9 heteroatoms. The fraction of sp³-hybridized carbons (Fsp3) is 0.333. The van der Waals surface area contributed by atoms with E-state index >= 15 is 0 Å². The van der Waals surface area contributed by atoms with Gasteiger partial charge in [0.2, 0.25) is 0 Å². The third kappa shape index (κ3) is 5.68. The van der Waals surface area contributed by atoms with Crippen molar-refractivity contribution < 1.29 is 27.8 Å². The zero-order valence-corrected chi connectivity index (χ0v) is 20.1. The van der Waals surface area contributed by atoms with Gasteiger partial charge in [0.05, 0.1) is 30.2 Å². The summed E-state index contributed by atoms with van der Waals surface area (Å²) in [7, 11) is 0. The van der Waals surface area contributed by atoms with Crippen molar-refractivity contribution in [3.63, 3.8) is 0 Å². The molecule has 1 amide bonds. The van der Waals surface area contributed by atoms with E-state index in [4.69, 9.17) is 4.74 Å². The second-order valence-corrected chi connectivity index (χ2v) is 8.65. The number of aromatic nitrogens is 1. The highest BCUT2D eigenvalue weighted by Crippen LogP contribution is 2.38. The maximum atomic E-state index is 13.0. The fourth-order valence-electron chi connectivity index (χ4n) is 4.31. The van der Waals surface area contributed by atoms with E-state index in [1.165, 1.54) is 18.3 Å². The zero-order chi connectivity index (χ0) is 25.9. The van der Waals surface area contributed by atoms with Gasteiger partial charge in [0.15, 0.2) is 0 Å². The predicted molar refractivity (Wildman–Crippen MR) is 132 cm³/mol. The largest absolute Gasteiger partial charge is 0.416 e. The van der Waals surface area contributed by atoms with Crippen LogP contribution in [0.1, 0.15) is 46.6 Å². The summed E-state index contributed by atoms with van der Waals surface area (Å²) in [6.07, 6.45) is -2.97. The summed E-state index contributed by atoms with van der Waals surface area (Å²) in [6.45, 7) is 6.40. The van der Waals surface area contributed by atoms with Crippen LogP contribution in [0.15, 0.2) is 54.7 Å². The van der Waals surface area contributed by atoms with Gasteiger partial charge in [-0.1, -0.05) is 18.2 Å². The molecular weight excluding hydrogens is 471 g/mol. The van der Waals surface area contributed by atoms with Crippen molar-refractivity contribution in [1.82, 2.24) is 4.98 Å². The van der Waals surface area contributed by atoms with E-state index in [1.54, 1.807) is 6.07 Å². The summed E-state index contributed by atoms with van der Waals surface area (Å²) in [5, 5.41) is 13.2. The molecule has 0 saturated carbocycles. The standard InChI is InChI=1S/C27H28F3N3O3/c1-3-36-12-11-33-10-9-25(34)22-8-7-18(14-24(22)33)23-15-21(16-31-17(23)2)32-26(35)19-5-4-6-20(13-19)27(28,29)30/h4-8,13-16,25,34H,3,9-12H2,1-2H3,(H,32,35). The topological polar surface area (TPSA) is 74.7 Å². The minimum Gasteiger partial charge on any atom is -0.388 e. The summed E-state index contributed by atoms with van der Waals surface area (Å²) >= 11 is 0. The highest BCUT2D eigenvalue weighted by Gasteiger charge is 2.31. The lowest BCUT2D eigenvalue weighted by molar-refractivity contribution is -0.137. The molecule has 36 heavy (non-hydrogen) atoms. The highest BCUT2D eigenvalue weighted by atomic mass is 19.4. The first-order chi connectivity index (χ1) is 17.2. The number of fused-ring (bicyclic) bond motifs is 1. The molecule has 4 rings (SSSR count). The van der Waals surface area contributed by atoms with Crippen LogP contribution in [0.3, 0.4) is 0 Å². The molecular formula is C27H28F3N3O3. The number of halogens is 3. The Morgan fingerprint density at radius 2 is 2.03 bits per heavy atom. The third-order valence-corrected chi connectivity index (χ3v) is 6.22. The molecule has 0 saturated heterocycles. The summed E-state index contributed by atoms with van der Waals surface area (Å²) in [6, 6.07) is 11.8. The number of hydrogen-bond acceptors (Lipinski definition) is 5. The van der Waals surface area contributed by atoms with Crippen molar-refractivity contribution in [2.45, 2.75) is 32.5 Å². The number of anilines is 2. The number of nitrogens with zero attached hydrogens (tertiary/aromatic N) is 2. The van der Waals surface area contributed by atoms with Crippen LogP contribution in [-0.2, 0) is 10.9 Å². The first-order valence-electron chi connectivity index (χ1n) is 11.8. The van der Waals surface area contributed by atoms with Crippen LogP contribution in [0.5, 0.6) is 0 Å².